The van der Waals surface area contributed by atoms with Crippen LogP contribution < -0.4 is 10.7 Å². The zero-order valence-electron chi connectivity index (χ0n) is 16.2. The number of amides is 2. The molecule has 1 aliphatic rings. The third-order valence-corrected chi connectivity index (χ3v) is 5.20. The van der Waals surface area contributed by atoms with Crippen LogP contribution in [0.5, 0.6) is 0 Å². The maximum absolute atomic E-state index is 12.8. The summed E-state index contributed by atoms with van der Waals surface area (Å²) >= 11 is 6.13. The van der Waals surface area contributed by atoms with Gasteiger partial charge in [-0.1, -0.05) is 23.7 Å². The second-order valence-electron chi connectivity index (χ2n) is 6.88. The van der Waals surface area contributed by atoms with Crippen LogP contribution in [-0.4, -0.2) is 22.5 Å². The number of aryl methyl sites for hydroxylation is 1. The molecule has 0 saturated carbocycles. The minimum absolute atomic E-state index is 0.216. The van der Waals surface area contributed by atoms with Gasteiger partial charge < -0.3 is 9.73 Å². The molecule has 2 N–H and O–H groups in total. The highest BCUT2D eigenvalue weighted by Crippen LogP contribution is 2.31. The molecule has 0 aliphatic heterocycles. The Labute approximate surface area is 178 Å². The number of aromatic nitrogens is 1. The van der Waals surface area contributed by atoms with Crippen LogP contribution in [0, 0.1) is 6.92 Å². The Morgan fingerprint density at radius 2 is 1.97 bits per heavy atom. The summed E-state index contributed by atoms with van der Waals surface area (Å²) in [5.74, 6) is 0.180. The summed E-state index contributed by atoms with van der Waals surface area (Å²) in [6.07, 6.45) is 5.26. The molecule has 0 unspecified atom stereocenters. The quantitative estimate of drug-likeness (QED) is 0.610. The smallest absolute Gasteiger partial charge is 0.291 e. The SMILES string of the molecule is Cc1c(C(=O)Nc2ccccc2Cl)oc2c1/C(=N/NC(=O)c1cccnc1)CCC2. The third-order valence-electron chi connectivity index (χ3n) is 4.87. The molecule has 0 bridgehead atoms. The number of hydrogen-bond donors (Lipinski definition) is 2. The molecule has 2 aromatic heterocycles. The Balaban J connectivity index is 1.58. The number of hydrazone groups is 1. The lowest BCUT2D eigenvalue weighted by Gasteiger charge is -2.13. The van der Waals surface area contributed by atoms with E-state index in [0.29, 0.717) is 46.2 Å². The second kappa shape index (κ2) is 8.51. The summed E-state index contributed by atoms with van der Waals surface area (Å²) < 4.78 is 5.87. The number of carbonyl (C=O) groups excluding carboxylic acids is 2. The lowest BCUT2D eigenvalue weighted by molar-refractivity contribution is 0.0953. The zero-order valence-corrected chi connectivity index (χ0v) is 17.0. The molecule has 2 heterocycles. The number of fused-ring (bicyclic) bond motifs is 1. The Kier molecular flexibility index (Phi) is 5.63. The van der Waals surface area contributed by atoms with Gasteiger partial charge in [0.1, 0.15) is 5.76 Å². The van der Waals surface area contributed by atoms with E-state index in [1.807, 2.05) is 6.92 Å². The van der Waals surface area contributed by atoms with Gasteiger partial charge in [0.25, 0.3) is 11.8 Å². The average Bonchev–Trinajstić information content (AvgIpc) is 3.11. The van der Waals surface area contributed by atoms with Crippen LogP contribution in [0.3, 0.4) is 0 Å². The van der Waals surface area contributed by atoms with Gasteiger partial charge in [-0.15, -0.1) is 0 Å². The summed E-state index contributed by atoms with van der Waals surface area (Å²) in [7, 11) is 0. The molecule has 2 amide bonds. The minimum atomic E-state index is -0.381. The van der Waals surface area contributed by atoms with Crippen molar-refractivity contribution in [2.24, 2.45) is 5.10 Å². The highest BCUT2D eigenvalue weighted by Gasteiger charge is 2.28. The van der Waals surface area contributed by atoms with E-state index in [9.17, 15) is 9.59 Å². The monoisotopic (exact) mass is 422 g/mol. The molecule has 0 saturated heterocycles. The number of pyridine rings is 1. The van der Waals surface area contributed by atoms with Crippen molar-refractivity contribution in [1.82, 2.24) is 10.4 Å². The first kappa shape index (κ1) is 19.8. The van der Waals surface area contributed by atoms with E-state index in [0.717, 1.165) is 12.0 Å². The fraction of sp³-hybridized carbons (Fsp3) is 0.182. The molecular formula is C22H19ClN4O3. The predicted molar refractivity (Wildman–Crippen MR) is 114 cm³/mol. The number of halogens is 1. The maximum atomic E-state index is 12.8. The molecular weight excluding hydrogens is 404 g/mol. The van der Waals surface area contributed by atoms with Gasteiger partial charge in [-0.3, -0.25) is 14.6 Å². The highest BCUT2D eigenvalue weighted by atomic mass is 35.5. The number of furan rings is 1. The average molecular weight is 423 g/mol. The van der Waals surface area contributed by atoms with Crippen LogP contribution in [0.1, 0.15) is 50.6 Å². The van der Waals surface area contributed by atoms with Gasteiger partial charge in [0, 0.05) is 29.9 Å². The fourth-order valence-corrected chi connectivity index (χ4v) is 3.60. The molecule has 0 spiro atoms. The summed E-state index contributed by atoms with van der Waals surface area (Å²) in [5, 5.41) is 7.54. The van der Waals surface area contributed by atoms with E-state index >= 15 is 0 Å². The summed E-state index contributed by atoms with van der Waals surface area (Å²) in [5.41, 5.74) is 5.65. The molecule has 8 heteroatoms. The molecule has 30 heavy (non-hydrogen) atoms. The van der Waals surface area contributed by atoms with Crippen LogP contribution in [0.15, 0.2) is 58.3 Å². The summed E-state index contributed by atoms with van der Waals surface area (Å²) in [4.78, 5) is 29.0. The van der Waals surface area contributed by atoms with Gasteiger partial charge in [0.2, 0.25) is 0 Å². The molecule has 152 valence electrons. The number of benzene rings is 1. The van der Waals surface area contributed by atoms with Crippen LogP contribution in [-0.2, 0) is 6.42 Å². The highest BCUT2D eigenvalue weighted by molar-refractivity contribution is 6.33. The Bertz CT molecular complexity index is 1140. The van der Waals surface area contributed by atoms with Crippen molar-refractivity contribution < 1.29 is 14.0 Å². The number of nitrogens with zero attached hydrogens (tertiary/aromatic N) is 2. The van der Waals surface area contributed by atoms with Crippen LogP contribution >= 0.6 is 11.6 Å². The van der Waals surface area contributed by atoms with Crippen molar-refractivity contribution in [3.63, 3.8) is 0 Å². The van der Waals surface area contributed by atoms with E-state index in [2.05, 4.69) is 20.8 Å². The van der Waals surface area contributed by atoms with Crippen LogP contribution in [0.2, 0.25) is 5.02 Å². The first-order valence-corrected chi connectivity index (χ1v) is 9.88. The first-order chi connectivity index (χ1) is 14.5. The Morgan fingerprint density at radius 3 is 2.73 bits per heavy atom. The van der Waals surface area contributed by atoms with Gasteiger partial charge in [-0.2, -0.15) is 5.10 Å². The van der Waals surface area contributed by atoms with Crippen molar-refractivity contribution in [3.05, 3.63) is 82.0 Å². The molecule has 3 aromatic rings. The lowest BCUT2D eigenvalue weighted by atomic mass is 9.93. The largest absolute Gasteiger partial charge is 0.455 e. The van der Waals surface area contributed by atoms with Crippen molar-refractivity contribution in [1.29, 1.82) is 0 Å². The van der Waals surface area contributed by atoms with Crippen molar-refractivity contribution in [2.75, 3.05) is 5.32 Å². The lowest BCUT2D eigenvalue weighted by Crippen LogP contribution is -2.22. The Hall–Kier alpha value is -3.45. The van der Waals surface area contributed by atoms with E-state index in [-0.39, 0.29) is 17.6 Å². The first-order valence-electron chi connectivity index (χ1n) is 9.50. The number of hydrogen-bond acceptors (Lipinski definition) is 5. The molecule has 7 nitrogen and oxygen atoms in total. The van der Waals surface area contributed by atoms with Crippen LogP contribution in [0.25, 0.3) is 0 Å². The van der Waals surface area contributed by atoms with E-state index in [1.165, 1.54) is 6.20 Å². The van der Waals surface area contributed by atoms with Gasteiger partial charge in [0.05, 0.1) is 22.0 Å². The predicted octanol–water partition coefficient (Wildman–Crippen LogP) is 4.36. The fourth-order valence-electron chi connectivity index (χ4n) is 3.42. The van der Waals surface area contributed by atoms with E-state index in [1.54, 1.807) is 42.6 Å². The molecule has 1 aliphatic carbocycles. The normalized spacial score (nSPS) is 14.3. The van der Waals surface area contributed by atoms with Crippen molar-refractivity contribution in [3.8, 4) is 0 Å². The van der Waals surface area contributed by atoms with Gasteiger partial charge in [-0.05, 0) is 44.0 Å². The van der Waals surface area contributed by atoms with Crippen molar-refractivity contribution in [2.45, 2.75) is 26.2 Å². The van der Waals surface area contributed by atoms with E-state index in [4.69, 9.17) is 16.0 Å². The Morgan fingerprint density at radius 1 is 1.13 bits per heavy atom. The molecule has 1 aromatic carbocycles. The molecule has 0 fully saturated rings. The molecule has 0 radical (unpaired) electrons. The number of nitrogens with one attached hydrogen (secondary N) is 2. The summed E-state index contributed by atoms with van der Waals surface area (Å²) in [6.45, 7) is 1.81. The summed E-state index contributed by atoms with van der Waals surface area (Å²) in [6, 6.07) is 10.3. The number of anilines is 1. The third kappa shape index (κ3) is 3.97. The molecule has 0 atom stereocenters. The molecule has 4 rings (SSSR count). The number of para-hydroxylation sites is 1. The topological polar surface area (TPSA) is 96.6 Å². The van der Waals surface area contributed by atoms with Gasteiger partial charge >= 0.3 is 0 Å². The number of rotatable bonds is 4. The van der Waals surface area contributed by atoms with Gasteiger partial charge in [-0.25, -0.2) is 5.43 Å². The van der Waals surface area contributed by atoms with Crippen LogP contribution in [0.4, 0.5) is 5.69 Å². The minimum Gasteiger partial charge on any atom is -0.455 e. The zero-order chi connectivity index (χ0) is 21.1. The standard InChI is InChI=1S/C22H19ClN4O3/c1-13-19-17(26-27-21(28)14-6-5-11-24-12-14)9-4-10-18(19)30-20(13)22(29)25-16-8-3-2-7-15(16)23/h2-3,5-8,11-12H,4,9-10H2,1H3,(H,25,29)(H,27,28)/b26-17+. The van der Waals surface area contributed by atoms with E-state index < -0.39 is 0 Å². The number of carbonyl (C=O) groups is 2. The van der Waals surface area contributed by atoms with Crippen molar-refractivity contribution >= 4 is 34.8 Å². The maximum Gasteiger partial charge on any atom is 0.291 e. The van der Waals surface area contributed by atoms with Gasteiger partial charge in [0.15, 0.2) is 5.76 Å². The second-order valence-corrected chi connectivity index (χ2v) is 7.29.